The fraction of sp³-hybridized carbons (Fsp3) is 0.562. The van der Waals surface area contributed by atoms with Gasteiger partial charge in [-0.25, -0.2) is 4.98 Å². The molecule has 1 saturated heterocycles. The van der Waals surface area contributed by atoms with Crippen LogP contribution in [0.3, 0.4) is 0 Å². The third-order valence-corrected chi connectivity index (χ3v) is 4.26. The summed E-state index contributed by atoms with van der Waals surface area (Å²) < 4.78 is 40.8. The SMILES string of the molecule is CCCn1c(C2CCNCC2)nc2cc(C(F)(F)F)ccc21. The fourth-order valence-corrected chi connectivity index (χ4v) is 3.18. The second kappa shape index (κ2) is 5.91. The van der Waals surface area contributed by atoms with E-state index in [1.807, 2.05) is 0 Å². The van der Waals surface area contributed by atoms with Crippen LogP contribution in [0.4, 0.5) is 13.2 Å². The van der Waals surface area contributed by atoms with Gasteiger partial charge in [0.1, 0.15) is 5.82 Å². The predicted octanol–water partition coefficient (Wildman–Crippen LogP) is 3.93. The predicted molar refractivity (Wildman–Crippen MR) is 79.9 cm³/mol. The zero-order chi connectivity index (χ0) is 15.7. The lowest BCUT2D eigenvalue weighted by atomic mass is 9.97. The minimum atomic E-state index is -4.32. The number of benzene rings is 1. The van der Waals surface area contributed by atoms with Crippen LogP contribution in [-0.2, 0) is 12.7 Å². The highest BCUT2D eigenvalue weighted by Gasteiger charge is 2.31. The molecule has 0 saturated carbocycles. The number of nitrogens with zero attached hydrogens (tertiary/aromatic N) is 2. The molecule has 1 aromatic heterocycles. The van der Waals surface area contributed by atoms with Crippen LogP contribution in [0.2, 0.25) is 0 Å². The quantitative estimate of drug-likeness (QED) is 0.930. The van der Waals surface area contributed by atoms with Crippen LogP contribution in [0.5, 0.6) is 0 Å². The van der Waals surface area contributed by atoms with E-state index in [9.17, 15) is 13.2 Å². The van der Waals surface area contributed by atoms with Gasteiger partial charge in [-0.1, -0.05) is 6.92 Å². The molecule has 0 bridgehead atoms. The average molecular weight is 311 g/mol. The van der Waals surface area contributed by atoms with Crippen molar-refractivity contribution in [1.29, 1.82) is 0 Å². The highest BCUT2D eigenvalue weighted by molar-refractivity contribution is 5.77. The van der Waals surface area contributed by atoms with Gasteiger partial charge in [-0.2, -0.15) is 13.2 Å². The Labute approximate surface area is 127 Å². The number of aryl methyl sites for hydroxylation is 1. The minimum Gasteiger partial charge on any atom is -0.328 e. The van der Waals surface area contributed by atoms with E-state index >= 15 is 0 Å². The van der Waals surface area contributed by atoms with Crippen LogP contribution < -0.4 is 5.32 Å². The molecule has 6 heteroatoms. The number of rotatable bonds is 3. The Balaban J connectivity index is 2.08. The number of alkyl halides is 3. The number of imidazole rings is 1. The Bertz CT molecular complexity index is 654. The lowest BCUT2D eigenvalue weighted by molar-refractivity contribution is -0.137. The van der Waals surface area contributed by atoms with E-state index in [1.54, 1.807) is 6.07 Å². The van der Waals surface area contributed by atoms with Crippen molar-refractivity contribution in [2.45, 2.75) is 44.8 Å². The summed E-state index contributed by atoms with van der Waals surface area (Å²) in [5, 5.41) is 3.31. The van der Waals surface area contributed by atoms with Crippen LogP contribution in [0, 0.1) is 0 Å². The molecule has 1 aromatic carbocycles. The van der Waals surface area contributed by atoms with Crippen LogP contribution >= 0.6 is 0 Å². The van der Waals surface area contributed by atoms with Gasteiger partial charge in [0.05, 0.1) is 16.6 Å². The molecule has 0 spiro atoms. The molecule has 120 valence electrons. The van der Waals surface area contributed by atoms with Crippen molar-refractivity contribution >= 4 is 11.0 Å². The average Bonchev–Trinajstić information content (AvgIpc) is 2.86. The molecule has 3 nitrogen and oxygen atoms in total. The molecule has 2 heterocycles. The normalized spacial score (nSPS) is 17.3. The van der Waals surface area contributed by atoms with Crippen molar-refractivity contribution in [1.82, 2.24) is 14.9 Å². The summed E-state index contributed by atoms with van der Waals surface area (Å²) in [4.78, 5) is 4.56. The van der Waals surface area contributed by atoms with E-state index in [2.05, 4.69) is 21.8 Å². The molecule has 0 radical (unpaired) electrons. The first-order valence-electron chi connectivity index (χ1n) is 7.79. The number of hydrogen-bond donors (Lipinski definition) is 1. The number of halogens is 3. The van der Waals surface area contributed by atoms with E-state index in [0.717, 1.165) is 56.3 Å². The first-order chi connectivity index (χ1) is 10.5. The topological polar surface area (TPSA) is 29.9 Å². The van der Waals surface area contributed by atoms with E-state index in [-0.39, 0.29) is 0 Å². The van der Waals surface area contributed by atoms with Gasteiger partial charge in [-0.05, 0) is 50.6 Å². The van der Waals surface area contributed by atoms with Gasteiger partial charge in [0.2, 0.25) is 0 Å². The van der Waals surface area contributed by atoms with Crippen molar-refractivity contribution in [2.24, 2.45) is 0 Å². The minimum absolute atomic E-state index is 0.328. The first kappa shape index (κ1) is 15.3. The van der Waals surface area contributed by atoms with Crippen molar-refractivity contribution in [3.05, 3.63) is 29.6 Å². The Morgan fingerprint density at radius 2 is 2.00 bits per heavy atom. The molecule has 0 aliphatic carbocycles. The monoisotopic (exact) mass is 311 g/mol. The van der Waals surface area contributed by atoms with Gasteiger partial charge >= 0.3 is 6.18 Å². The van der Waals surface area contributed by atoms with Crippen LogP contribution in [0.15, 0.2) is 18.2 Å². The van der Waals surface area contributed by atoms with Gasteiger partial charge in [0.25, 0.3) is 0 Å². The zero-order valence-corrected chi connectivity index (χ0v) is 12.6. The van der Waals surface area contributed by atoms with Gasteiger partial charge in [-0.3, -0.25) is 0 Å². The summed E-state index contributed by atoms with van der Waals surface area (Å²) in [7, 11) is 0. The Kier molecular flexibility index (Phi) is 4.12. The molecule has 1 aliphatic heterocycles. The van der Waals surface area contributed by atoms with E-state index in [0.29, 0.717) is 11.4 Å². The van der Waals surface area contributed by atoms with E-state index < -0.39 is 11.7 Å². The highest BCUT2D eigenvalue weighted by atomic mass is 19.4. The summed E-state index contributed by atoms with van der Waals surface area (Å²) >= 11 is 0. The lowest BCUT2D eigenvalue weighted by Crippen LogP contribution is -2.28. The maximum Gasteiger partial charge on any atom is 0.416 e. The van der Waals surface area contributed by atoms with Crippen LogP contribution in [0.1, 0.15) is 43.5 Å². The molecule has 0 unspecified atom stereocenters. The van der Waals surface area contributed by atoms with E-state index in [4.69, 9.17) is 0 Å². The standard InChI is InChI=1S/C16H20F3N3/c1-2-9-22-14-4-3-12(16(17,18)19)10-13(14)21-15(22)11-5-7-20-8-6-11/h3-4,10-11,20H,2,5-9H2,1H3. The Hall–Kier alpha value is -1.56. The first-order valence-corrected chi connectivity index (χ1v) is 7.79. The molecule has 1 N–H and O–H groups in total. The molecule has 2 aromatic rings. The summed E-state index contributed by atoms with van der Waals surface area (Å²) in [5.41, 5.74) is 0.637. The van der Waals surface area contributed by atoms with Crippen molar-refractivity contribution < 1.29 is 13.2 Å². The third kappa shape index (κ3) is 2.84. The number of hydrogen-bond acceptors (Lipinski definition) is 2. The number of fused-ring (bicyclic) bond motifs is 1. The van der Waals surface area contributed by atoms with Crippen molar-refractivity contribution in [2.75, 3.05) is 13.1 Å². The summed E-state index contributed by atoms with van der Waals surface area (Å²) in [5.74, 6) is 1.27. The van der Waals surface area contributed by atoms with Crippen LogP contribution in [0.25, 0.3) is 11.0 Å². The largest absolute Gasteiger partial charge is 0.416 e. The van der Waals surface area contributed by atoms with Gasteiger partial charge in [-0.15, -0.1) is 0 Å². The summed E-state index contributed by atoms with van der Waals surface area (Å²) in [6, 6.07) is 3.89. The lowest BCUT2D eigenvalue weighted by Gasteiger charge is -2.23. The van der Waals surface area contributed by atoms with Gasteiger partial charge in [0, 0.05) is 12.5 Å². The summed E-state index contributed by atoms with van der Waals surface area (Å²) in [6.45, 7) is 4.74. The van der Waals surface area contributed by atoms with Crippen LogP contribution in [-0.4, -0.2) is 22.6 Å². The molecule has 22 heavy (non-hydrogen) atoms. The molecule has 0 amide bonds. The van der Waals surface area contributed by atoms with E-state index in [1.165, 1.54) is 6.07 Å². The second-order valence-corrected chi connectivity index (χ2v) is 5.85. The molecule has 3 rings (SSSR count). The second-order valence-electron chi connectivity index (χ2n) is 5.85. The zero-order valence-electron chi connectivity index (χ0n) is 12.6. The maximum atomic E-state index is 12.9. The maximum absolute atomic E-state index is 12.9. The van der Waals surface area contributed by atoms with Gasteiger partial charge < -0.3 is 9.88 Å². The smallest absolute Gasteiger partial charge is 0.328 e. The van der Waals surface area contributed by atoms with Crippen molar-refractivity contribution in [3.63, 3.8) is 0 Å². The summed E-state index contributed by atoms with van der Waals surface area (Å²) in [6.07, 6.45) is -1.42. The van der Waals surface area contributed by atoms with Crippen molar-refractivity contribution in [3.8, 4) is 0 Å². The highest BCUT2D eigenvalue weighted by Crippen LogP contribution is 2.33. The molecular formula is C16H20F3N3. The fourth-order valence-electron chi connectivity index (χ4n) is 3.18. The third-order valence-electron chi connectivity index (χ3n) is 4.26. The molecule has 0 atom stereocenters. The molecule has 1 fully saturated rings. The molecular weight excluding hydrogens is 291 g/mol. The number of nitrogens with one attached hydrogen (secondary N) is 1. The van der Waals surface area contributed by atoms with Gasteiger partial charge in [0.15, 0.2) is 0 Å². The number of aromatic nitrogens is 2. The Morgan fingerprint density at radius 1 is 1.27 bits per heavy atom. The Morgan fingerprint density at radius 3 is 2.64 bits per heavy atom. The molecule has 1 aliphatic rings. The number of piperidine rings is 1.